The molecule has 0 bridgehead atoms. The van der Waals surface area contributed by atoms with Crippen molar-refractivity contribution in [2.45, 2.75) is 31.7 Å². The number of hydrogen-bond acceptors (Lipinski definition) is 1. The summed E-state index contributed by atoms with van der Waals surface area (Å²) in [5, 5.41) is 0.0290. The van der Waals surface area contributed by atoms with E-state index in [0.717, 1.165) is 25.7 Å². The standard InChI is InChI=1S/C14H16Cl2FNO/c15-7-8-18(11-3-1-2-4-11)14(19)10-5-6-12(16)13(17)9-10/h5-6,9,11H,1-4,7-8H2. The number of halogens is 3. The Morgan fingerprint density at radius 2 is 2.05 bits per heavy atom. The molecule has 0 N–H and O–H groups in total. The highest BCUT2D eigenvalue weighted by Crippen LogP contribution is 2.25. The summed E-state index contributed by atoms with van der Waals surface area (Å²) in [4.78, 5) is 14.2. The zero-order valence-corrected chi connectivity index (χ0v) is 12.1. The largest absolute Gasteiger partial charge is 0.334 e. The Kier molecular flexibility index (Phi) is 5.06. The maximum absolute atomic E-state index is 13.4. The lowest BCUT2D eigenvalue weighted by Crippen LogP contribution is -2.40. The van der Waals surface area contributed by atoms with Crippen molar-refractivity contribution >= 4 is 29.1 Å². The van der Waals surface area contributed by atoms with E-state index in [1.807, 2.05) is 0 Å². The molecule has 1 aliphatic rings. The van der Waals surface area contributed by atoms with Gasteiger partial charge in [0.05, 0.1) is 5.02 Å². The Balaban J connectivity index is 2.20. The van der Waals surface area contributed by atoms with Crippen molar-refractivity contribution in [3.05, 3.63) is 34.6 Å². The van der Waals surface area contributed by atoms with Crippen LogP contribution in [0.4, 0.5) is 4.39 Å². The van der Waals surface area contributed by atoms with Crippen LogP contribution in [-0.2, 0) is 0 Å². The smallest absolute Gasteiger partial charge is 0.254 e. The van der Waals surface area contributed by atoms with Gasteiger partial charge in [-0.1, -0.05) is 24.4 Å². The number of amides is 1. The van der Waals surface area contributed by atoms with Crippen LogP contribution in [0.25, 0.3) is 0 Å². The molecule has 0 radical (unpaired) electrons. The Bertz CT molecular complexity index is 461. The summed E-state index contributed by atoms with van der Waals surface area (Å²) in [6.07, 6.45) is 4.26. The number of alkyl halides is 1. The first kappa shape index (κ1) is 14.6. The lowest BCUT2D eigenvalue weighted by atomic mass is 10.1. The summed E-state index contributed by atoms with van der Waals surface area (Å²) >= 11 is 11.4. The number of carbonyl (C=O) groups is 1. The lowest BCUT2D eigenvalue weighted by molar-refractivity contribution is 0.0694. The van der Waals surface area contributed by atoms with E-state index in [-0.39, 0.29) is 17.0 Å². The molecule has 1 aliphatic carbocycles. The molecule has 1 fully saturated rings. The van der Waals surface area contributed by atoms with Gasteiger partial charge in [0.25, 0.3) is 5.91 Å². The first-order chi connectivity index (χ1) is 9.13. The van der Waals surface area contributed by atoms with Crippen molar-refractivity contribution in [2.75, 3.05) is 12.4 Å². The Morgan fingerprint density at radius 1 is 1.37 bits per heavy atom. The molecule has 1 amide bonds. The molecule has 0 aliphatic heterocycles. The van der Waals surface area contributed by atoms with Crippen LogP contribution in [0.5, 0.6) is 0 Å². The third kappa shape index (κ3) is 3.40. The van der Waals surface area contributed by atoms with Crippen molar-refractivity contribution in [1.82, 2.24) is 4.90 Å². The molecule has 1 aromatic carbocycles. The molecular weight excluding hydrogens is 288 g/mol. The van der Waals surface area contributed by atoms with Gasteiger partial charge in [0.2, 0.25) is 0 Å². The molecule has 2 rings (SSSR count). The Hall–Kier alpha value is -0.800. The molecule has 0 atom stereocenters. The van der Waals surface area contributed by atoms with Crippen LogP contribution in [0.15, 0.2) is 18.2 Å². The maximum atomic E-state index is 13.4. The van der Waals surface area contributed by atoms with Gasteiger partial charge in [-0.25, -0.2) is 4.39 Å². The lowest BCUT2D eigenvalue weighted by Gasteiger charge is -2.28. The second-order valence-electron chi connectivity index (χ2n) is 4.75. The molecule has 0 unspecified atom stereocenters. The highest BCUT2D eigenvalue weighted by molar-refractivity contribution is 6.30. The maximum Gasteiger partial charge on any atom is 0.254 e. The second kappa shape index (κ2) is 6.58. The number of rotatable bonds is 4. The van der Waals surface area contributed by atoms with Gasteiger partial charge in [-0.2, -0.15) is 0 Å². The molecule has 1 aromatic rings. The molecule has 1 saturated carbocycles. The quantitative estimate of drug-likeness (QED) is 0.767. The predicted octanol–water partition coefficient (Wildman–Crippen LogP) is 4.10. The Morgan fingerprint density at radius 3 is 2.63 bits per heavy atom. The van der Waals surface area contributed by atoms with Crippen molar-refractivity contribution < 1.29 is 9.18 Å². The zero-order valence-electron chi connectivity index (χ0n) is 10.5. The number of carbonyl (C=O) groups excluding carboxylic acids is 1. The van der Waals surface area contributed by atoms with E-state index in [2.05, 4.69) is 0 Å². The van der Waals surface area contributed by atoms with E-state index >= 15 is 0 Å². The third-order valence-electron chi connectivity index (χ3n) is 3.52. The molecular formula is C14H16Cl2FNO. The molecule has 0 aromatic heterocycles. The summed E-state index contributed by atoms with van der Waals surface area (Å²) in [5.41, 5.74) is 0.332. The summed E-state index contributed by atoms with van der Waals surface area (Å²) in [7, 11) is 0. The van der Waals surface area contributed by atoms with Gasteiger partial charge in [0.1, 0.15) is 5.82 Å². The highest BCUT2D eigenvalue weighted by Gasteiger charge is 2.27. The molecule has 2 nitrogen and oxygen atoms in total. The molecule has 0 spiro atoms. The van der Waals surface area contributed by atoms with E-state index < -0.39 is 5.82 Å². The van der Waals surface area contributed by atoms with Crippen molar-refractivity contribution in [2.24, 2.45) is 0 Å². The van der Waals surface area contributed by atoms with Crippen molar-refractivity contribution in [3.63, 3.8) is 0 Å². The predicted molar refractivity (Wildman–Crippen MR) is 75.4 cm³/mol. The van der Waals surface area contributed by atoms with E-state index in [1.54, 1.807) is 11.0 Å². The summed E-state index contributed by atoms with van der Waals surface area (Å²) in [5.74, 6) is -0.342. The van der Waals surface area contributed by atoms with E-state index in [1.165, 1.54) is 12.1 Å². The first-order valence-electron chi connectivity index (χ1n) is 6.45. The average molecular weight is 304 g/mol. The van der Waals surface area contributed by atoms with Crippen LogP contribution in [-0.4, -0.2) is 29.3 Å². The van der Waals surface area contributed by atoms with Crippen LogP contribution in [0.1, 0.15) is 36.0 Å². The fourth-order valence-corrected chi connectivity index (χ4v) is 2.85. The van der Waals surface area contributed by atoms with Gasteiger partial charge in [-0.15, -0.1) is 11.6 Å². The minimum absolute atomic E-state index is 0.0290. The van der Waals surface area contributed by atoms with Crippen molar-refractivity contribution in [1.29, 1.82) is 0 Å². The van der Waals surface area contributed by atoms with E-state index in [0.29, 0.717) is 18.0 Å². The molecule has 5 heteroatoms. The van der Waals surface area contributed by atoms with E-state index in [9.17, 15) is 9.18 Å². The zero-order chi connectivity index (χ0) is 13.8. The molecule has 0 heterocycles. The minimum Gasteiger partial charge on any atom is -0.334 e. The number of benzene rings is 1. The van der Waals surface area contributed by atoms with Gasteiger partial charge in [0.15, 0.2) is 0 Å². The van der Waals surface area contributed by atoms with Crippen LogP contribution < -0.4 is 0 Å². The average Bonchev–Trinajstić information content (AvgIpc) is 2.92. The van der Waals surface area contributed by atoms with Gasteiger partial charge < -0.3 is 4.90 Å². The van der Waals surface area contributed by atoms with Crippen LogP contribution in [0, 0.1) is 5.82 Å². The fraction of sp³-hybridized carbons (Fsp3) is 0.500. The fourth-order valence-electron chi connectivity index (χ4n) is 2.55. The van der Waals surface area contributed by atoms with Gasteiger partial charge in [0, 0.05) is 24.0 Å². The first-order valence-corrected chi connectivity index (χ1v) is 7.36. The van der Waals surface area contributed by atoms with Gasteiger partial charge in [-0.3, -0.25) is 4.79 Å². The van der Waals surface area contributed by atoms with E-state index in [4.69, 9.17) is 23.2 Å². The minimum atomic E-state index is -0.565. The highest BCUT2D eigenvalue weighted by atomic mass is 35.5. The number of nitrogens with zero attached hydrogens (tertiary/aromatic N) is 1. The monoisotopic (exact) mass is 303 g/mol. The summed E-state index contributed by atoms with van der Waals surface area (Å²) < 4.78 is 13.4. The molecule has 0 saturated heterocycles. The second-order valence-corrected chi connectivity index (χ2v) is 5.54. The SMILES string of the molecule is O=C(c1ccc(Cl)c(F)c1)N(CCCl)C1CCCC1. The number of hydrogen-bond donors (Lipinski definition) is 0. The molecule has 19 heavy (non-hydrogen) atoms. The normalized spacial score (nSPS) is 15.7. The summed E-state index contributed by atoms with van der Waals surface area (Å²) in [6, 6.07) is 4.40. The van der Waals surface area contributed by atoms with Crippen LogP contribution in [0.3, 0.4) is 0 Å². The Labute approximate surface area is 122 Å². The van der Waals surface area contributed by atoms with Crippen molar-refractivity contribution in [3.8, 4) is 0 Å². The third-order valence-corrected chi connectivity index (χ3v) is 3.99. The van der Waals surface area contributed by atoms with Gasteiger partial charge >= 0.3 is 0 Å². The van der Waals surface area contributed by atoms with Crippen LogP contribution in [0.2, 0.25) is 5.02 Å². The van der Waals surface area contributed by atoms with Gasteiger partial charge in [-0.05, 0) is 31.0 Å². The molecule has 104 valence electrons. The topological polar surface area (TPSA) is 20.3 Å². The summed E-state index contributed by atoms with van der Waals surface area (Å²) in [6.45, 7) is 0.495. The van der Waals surface area contributed by atoms with Crippen LogP contribution >= 0.6 is 23.2 Å².